The van der Waals surface area contributed by atoms with E-state index in [4.69, 9.17) is 0 Å². The first-order valence-corrected chi connectivity index (χ1v) is 11.6. The Morgan fingerprint density at radius 2 is 1.77 bits per heavy atom. The summed E-state index contributed by atoms with van der Waals surface area (Å²) >= 11 is 1.13. The molecule has 0 radical (unpaired) electrons. The van der Waals surface area contributed by atoms with Crippen LogP contribution < -0.4 is 10.2 Å². The quantitative estimate of drug-likeness (QED) is 0.359. The number of thioether (sulfide) groups is 1. The predicted molar refractivity (Wildman–Crippen MR) is 138 cm³/mol. The van der Waals surface area contributed by atoms with Gasteiger partial charge in [-0.25, -0.2) is 4.39 Å². The number of phenols is 1. The van der Waals surface area contributed by atoms with Gasteiger partial charge in [-0.2, -0.15) is 5.10 Å². The van der Waals surface area contributed by atoms with Crippen molar-refractivity contribution in [2.75, 3.05) is 10.2 Å². The van der Waals surface area contributed by atoms with Crippen molar-refractivity contribution in [3.63, 3.8) is 0 Å². The minimum atomic E-state index is -0.724. The number of hydrogen-bond donors (Lipinski definition) is 2. The van der Waals surface area contributed by atoms with E-state index in [1.807, 2.05) is 36.4 Å². The molecule has 0 spiro atoms. The molecule has 0 bridgehead atoms. The number of rotatable bonds is 7. The van der Waals surface area contributed by atoms with E-state index in [2.05, 4.69) is 15.5 Å². The number of halogens is 1. The number of anilines is 2. The van der Waals surface area contributed by atoms with Gasteiger partial charge < -0.3 is 10.4 Å². The third-order valence-corrected chi connectivity index (χ3v) is 6.05. The maximum atomic E-state index is 13.2. The van der Waals surface area contributed by atoms with Crippen LogP contribution in [-0.4, -0.2) is 33.6 Å². The third kappa shape index (κ3) is 6.42. The lowest BCUT2D eigenvalue weighted by molar-refractivity contribution is -0.121. The summed E-state index contributed by atoms with van der Waals surface area (Å²) in [7, 11) is 0. The molecule has 1 aliphatic rings. The van der Waals surface area contributed by atoms with Gasteiger partial charge in [0.15, 0.2) is 5.17 Å². The maximum Gasteiger partial charge on any atom is 0.247 e. The van der Waals surface area contributed by atoms with Crippen LogP contribution in [0.15, 0.2) is 95.1 Å². The molecular weight excluding hydrogens is 467 g/mol. The van der Waals surface area contributed by atoms with Gasteiger partial charge in [0.05, 0.1) is 5.69 Å². The molecule has 1 atom stereocenters. The zero-order valence-corrected chi connectivity index (χ0v) is 19.2. The van der Waals surface area contributed by atoms with E-state index in [9.17, 15) is 19.1 Å². The van der Waals surface area contributed by atoms with Gasteiger partial charge in [-0.15, -0.1) is 5.10 Å². The summed E-state index contributed by atoms with van der Waals surface area (Å²) in [5.41, 5.74) is 1.94. The lowest BCUT2D eigenvalue weighted by Gasteiger charge is -2.15. The van der Waals surface area contributed by atoms with Crippen LogP contribution in [0.2, 0.25) is 0 Å². The lowest BCUT2D eigenvalue weighted by Crippen LogP contribution is -2.33. The van der Waals surface area contributed by atoms with Gasteiger partial charge in [0, 0.05) is 18.3 Å². The normalized spacial score (nSPS) is 17.1. The van der Waals surface area contributed by atoms with E-state index < -0.39 is 11.1 Å². The Hall–Kier alpha value is -4.24. The van der Waals surface area contributed by atoms with Crippen molar-refractivity contribution in [2.45, 2.75) is 11.7 Å². The van der Waals surface area contributed by atoms with E-state index in [0.717, 1.165) is 17.3 Å². The number of nitrogens with one attached hydrogen (secondary N) is 1. The fraction of sp³-hybridized carbons (Fsp3) is 0.0769. The molecule has 4 rings (SSSR count). The number of carbonyl (C=O) groups excluding carboxylic acids is 2. The van der Waals surface area contributed by atoms with E-state index in [1.54, 1.807) is 18.2 Å². The maximum absolute atomic E-state index is 13.2. The molecule has 9 heteroatoms. The SMILES string of the molecule is O=C(C[C@@H]1S\C(=N/N=C\C=C\c2ccccc2)N(c2ccc(O)cc2)C1=O)Nc1ccc(F)cc1. The molecule has 2 amide bonds. The van der Waals surface area contributed by atoms with Crippen LogP contribution in [0.4, 0.5) is 15.8 Å². The molecule has 0 unspecified atom stereocenters. The van der Waals surface area contributed by atoms with Gasteiger partial charge >= 0.3 is 0 Å². The van der Waals surface area contributed by atoms with Crippen molar-refractivity contribution in [3.8, 4) is 5.75 Å². The second-order valence-electron chi connectivity index (χ2n) is 7.47. The van der Waals surface area contributed by atoms with E-state index in [0.29, 0.717) is 16.5 Å². The standard InChI is InChI=1S/C26H21FN4O3S/c27-19-8-10-20(11-9-19)29-24(33)17-23-25(34)31(21-12-14-22(32)15-13-21)26(35-23)30-28-16-4-7-18-5-2-1-3-6-18/h1-16,23,32H,17H2,(H,29,33)/b7-4+,28-16-,30-26-/t23-/m0/s1. The summed E-state index contributed by atoms with van der Waals surface area (Å²) < 4.78 is 13.1. The predicted octanol–water partition coefficient (Wildman–Crippen LogP) is 5.06. The molecule has 0 aliphatic carbocycles. The smallest absolute Gasteiger partial charge is 0.247 e. The number of amidine groups is 1. The second-order valence-corrected chi connectivity index (χ2v) is 8.64. The topological polar surface area (TPSA) is 94.4 Å². The Kier molecular flexibility index (Phi) is 7.69. The molecule has 0 aromatic heterocycles. The number of phenolic OH excluding ortho intramolecular Hbond substituents is 1. The highest BCUT2D eigenvalue weighted by Crippen LogP contribution is 2.34. The molecule has 1 fully saturated rings. The summed E-state index contributed by atoms with van der Waals surface area (Å²) in [6.45, 7) is 0. The summed E-state index contributed by atoms with van der Waals surface area (Å²) in [4.78, 5) is 27.1. The number of allylic oxidation sites excluding steroid dienone is 1. The molecule has 3 aromatic rings. The largest absolute Gasteiger partial charge is 0.508 e. The molecule has 1 aliphatic heterocycles. The molecule has 1 saturated heterocycles. The summed E-state index contributed by atoms with van der Waals surface area (Å²) in [5.74, 6) is -1.06. The van der Waals surface area contributed by atoms with Crippen LogP contribution in [-0.2, 0) is 9.59 Å². The first kappa shape index (κ1) is 23.9. The van der Waals surface area contributed by atoms with Gasteiger partial charge in [0.25, 0.3) is 0 Å². The number of amides is 2. The molecule has 7 nitrogen and oxygen atoms in total. The highest BCUT2D eigenvalue weighted by atomic mass is 32.2. The van der Waals surface area contributed by atoms with Crippen LogP contribution in [0, 0.1) is 5.82 Å². The highest BCUT2D eigenvalue weighted by molar-refractivity contribution is 8.16. The van der Waals surface area contributed by atoms with Crippen LogP contribution in [0.25, 0.3) is 6.08 Å². The molecule has 2 N–H and O–H groups in total. The van der Waals surface area contributed by atoms with Crippen LogP contribution >= 0.6 is 11.8 Å². The van der Waals surface area contributed by atoms with Crippen molar-refractivity contribution in [1.82, 2.24) is 0 Å². The monoisotopic (exact) mass is 488 g/mol. The Balaban J connectivity index is 1.49. The number of hydrogen-bond acceptors (Lipinski definition) is 6. The Labute approximate surface area is 205 Å². The van der Waals surface area contributed by atoms with E-state index >= 15 is 0 Å². The van der Waals surface area contributed by atoms with Gasteiger partial charge in [-0.3, -0.25) is 14.5 Å². The zero-order valence-electron chi connectivity index (χ0n) is 18.4. The minimum absolute atomic E-state index is 0.0610. The van der Waals surface area contributed by atoms with Crippen molar-refractivity contribution < 1.29 is 19.1 Å². The summed E-state index contributed by atoms with van der Waals surface area (Å²) in [6, 6.07) is 21.2. The fourth-order valence-electron chi connectivity index (χ4n) is 3.26. The molecule has 0 saturated carbocycles. The Bertz CT molecular complexity index is 1280. The average molecular weight is 489 g/mol. The minimum Gasteiger partial charge on any atom is -0.508 e. The van der Waals surface area contributed by atoms with Crippen LogP contribution in [0.5, 0.6) is 5.75 Å². The van der Waals surface area contributed by atoms with Gasteiger partial charge in [-0.1, -0.05) is 48.2 Å². The van der Waals surface area contributed by atoms with Crippen molar-refractivity contribution in [3.05, 3.63) is 96.3 Å². The van der Waals surface area contributed by atoms with Gasteiger partial charge in [0.2, 0.25) is 11.8 Å². The third-order valence-electron chi connectivity index (χ3n) is 4.93. The van der Waals surface area contributed by atoms with Gasteiger partial charge in [-0.05, 0) is 60.2 Å². The molecule has 3 aromatic carbocycles. The number of benzene rings is 3. The zero-order chi connectivity index (χ0) is 24.6. The highest BCUT2D eigenvalue weighted by Gasteiger charge is 2.40. The first-order valence-electron chi connectivity index (χ1n) is 10.7. The molecular formula is C26H21FN4O3S. The molecule has 176 valence electrons. The Morgan fingerprint density at radius 3 is 2.49 bits per heavy atom. The van der Waals surface area contributed by atoms with E-state index in [1.165, 1.54) is 47.5 Å². The van der Waals surface area contributed by atoms with Crippen molar-refractivity contribution in [2.24, 2.45) is 10.2 Å². The molecule has 1 heterocycles. The van der Waals surface area contributed by atoms with Gasteiger partial charge in [0.1, 0.15) is 16.8 Å². The number of aromatic hydroxyl groups is 1. The Morgan fingerprint density at radius 1 is 1.06 bits per heavy atom. The fourth-order valence-corrected chi connectivity index (χ4v) is 4.35. The number of nitrogens with zero attached hydrogens (tertiary/aromatic N) is 3. The lowest BCUT2D eigenvalue weighted by atomic mass is 10.2. The summed E-state index contributed by atoms with van der Waals surface area (Å²) in [6.07, 6.45) is 5.01. The second kappa shape index (κ2) is 11.3. The van der Waals surface area contributed by atoms with Crippen molar-refractivity contribution in [1.29, 1.82) is 0 Å². The first-order chi connectivity index (χ1) is 17.0. The van der Waals surface area contributed by atoms with Crippen LogP contribution in [0.1, 0.15) is 12.0 Å². The average Bonchev–Trinajstić information content (AvgIpc) is 3.16. The summed E-state index contributed by atoms with van der Waals surface area (Å²) in [5, 5.41) is 20.1. The molecule has 35 heavy (non-hydrogen) atoms. The van der Waals surface area contributed by atoms with Crippen LogP contribution in [0.3, 0.4) is 0 Å². The number of carbonyl (C=O) groups is 2. The van der Waals surface area contributed by atoms with E-state index in [-0.39, 0.29) is 24.0 Å². The van der Waals surface area contributed by atoms with Crippen molar-refractivity contribution >= 4 is 52.4 Å².